The summed E-state index contributed by atoms with van der Waals surface area (Å²) < 4.78 is 1.91. The van der Waals surface area contributed by atoms with Crippen LogP contribution in [0, 0.1) is 11.8 Å². The summed E-state index contributed by atoms with van der Waals surface area (Å²) in [7, 11) is 2.00. The highest BCUT2D eigenvalue weighted by molar-refractivity contribution is 5.03. The van der Waals surface area contributed by atoms with Crippen LogP contribution in [-0.4, -0.2) is 22.4 Å². The van der Waals surface area contributed by atoms with Gasteiger partial charge in [-0.2, -0.15) is 5.10 Å². The number of nitrogens with zero attached hydrogens (tertiary/aromatic N) is 2. The van der Waals surface area contributed by atoms with Gasteiger partial charge in [-0.15, -0.1) is 0 Å². The minimum absolute atomic E-state index is 0.617. The van der Waals surface area contributed by atoms with Gasteiger partial charge in [0.05, 0.1) is 5.69 Å². The van der Waals surface area contributed by atoms with E-state index in [2.05, 4.69) is 36.5 Å². The molecule has 3 atom stereocenters. The van der Waals surface area contributed by atoms with Gasteiger partial charge >= 0.3 is 0 Å². The van der Waals surface area contributed by atoms with Crippen LogP contribution < -0.4 is 5.32 Å². The molecule has 1 N–H and O–H groups in total. The second-order valence-electron chi connectivity index (χ2n) is 6.09. The normalized spacial score (nSPS) is 24.8. The van der Waals surface area contributed by atoms with Gasteiger partial charge in [-0.1, -0.05) is 26.7 Å². The highest BCUT2D eigenvalue weighted by Crippen LogP contribution is 2.35. The molecule has 0 amide bonds. The van der Waals surface area contributed by atoms with Crippen LogP contribution in [0.4, 0.5) is 0 Å². The topological polar surface area (TPSA) is 29.9 Å². The largest absolute Gasteiger partial charge is 0.313 e. The average molecular weight is 263 g/mol. The molecule has 1 aromatic rings. The first-order valence-electron chi connectivity index (χ1n) is 7.94. The first-order valence-corrected chi connectivity index (χ1v) is 7.94. The maximum atomic E-state index is 4.55. The number of nitrogens with one attached hydrogen (secondary N) is 1. The molecule has 0 spiro atoms. The van der Waals surface area contributed by atoms with Gasteiger partial charge in [0.15, 0.2) is 0 Å². The maximum Gasteiger partial charge on any atom is 0.0640 e. The predicted octanol–water partition coefficient (Wildman–Crippen LogP) is 3.16. The van der Waals surface area contributed by atoms with Crippen LogP contribution >= 0.6 is 0 Å². The van der Waals surface area contributed by atoms with E-state index in [1.165, 1.54) is 37.8 Å². The molecule has 1 saturated carbocycles. The second-order valence-corrected chi connectivity index (χ2v) is 6.09. The molecule has 0 aromatic carbocycles. The van der Waals surface area contributed by atoms with Crippen molar-refractivity contribution in [3.63, 3.8) is 0 Å². The Morgan fingerprint density at radius 3 is 2.84 bits per heavy atom. The Balaban J connectivity index is 1.95. The first-order chi connectivity index (χ1) is 9.22. The zero-order valence-electron chi connectivity index (χ0n) is 12.7. The van der Waals surface area contributed by atoms with Gasteiger partial charge in [0.25, 0.3) is 0 Å². The van der Waals surface area contributed by atoms with E-state index in [-0.39, 0.29) is 0 Å². The minimum Gasteiger partial charge on any atom is -0.313 e. The van der Waals surface area contributed by atoms with Crippen molar-refractivity contribution in [2.24, 2.45) is 18.9 Å². The van der Waals surface area contributed by atoms with Crippen LogP contribution in [0.5, 0.6) is 0 Å². The van der Waals surface area contributed by atoms with Gasteiger partial charge < -0.3 is 5.32 Å². The molecule has 19 heavy (non-hydrogen) atoms. The van der Waals surface area contributed by atoms with Gasteiger partial charge in [-0.3, -0.25) is 4.68 Å². The molecule has 108 valence electrons. The third-order valence-electron chi connectivity index (χ3n) is 4.58. The van der Waals surface area contributed by atoms with Crippen LogP contribution in [0.2, 0.25) is 0 Å². The Hall–Kier alpha value is -0.830. The van der Waals surface area contributed by atoms with Crippen LogP contribution in [0.3, 0.4) is 0 Å². The van der Waals surface area contributed by atoms with Crippen LogP contribution in [-0.2, 0) is 13.5 Å². The quantitative estimate of drug-likeness (QED) is 0.819. The van der Waals surface area contributed by atoms with Crippen molar-refractivity contribution in [1.82, 2.24) is 15.1 Å². The smallest absolute Gasteiger partial charge is 0.0640 e. The molecule has 3 heteroatoms. The summed E-state index contributed by atoms with van der Waals surface area (Å²) in [4.78, 5) is 0. The summed E-state index contributed by atoms with van der Waals surface area (Å²) in [5.41, 5.74) is 1.23. The summed E-state index contributed by atoms with van der Waals surface area (Å²) in [5.74, 6) is 1.80. The molecule has 1 fully saturated rings. The van der Waals surface area contributed by atoms with Crippen LogP contribution in [0.1, 0.15) is 51.6 Å². The molecule has 0 saturated heterocycles. The van der Waals surface area contributed by atoms with Crippen molar-refractivity contribution >= 4 is 0 Å². The Morgan fingerprint density at radius 2 is 2.26 bits per heavy atom. The third kappa shape index (κ3) is 4.07. The summed E-state index contributed by atoms with van der Waals surface area (Å²) in [6.07, 6.45) is 9.92. The molecule has 0 bridgehead atoms. The highest BCUT2D eigenvalue weighted by atomic mass is 15.2. The fraction of sp³-hybridized carbons (Fsp3) is 0.812. The zero-order valence-corrected chi connectivity index (χ0v) is 12.7. The summed E-state index contributed by atoms with van der Waals surface area (Å²) >= 11 is 0. The molecule has 1 aliphatic rings. The van der Waals surface area contributed by atoms with Crippen molar-refractivity contribution in [2.75, 3.05) is 6.54 Å². The molecule has 0 radical (unpaired) electrons. The van der Waals surface area contributed by atoms with Crippen molar-refractivity contribution in [2.45, 2.75) is 58.4 Å². The van der Waals surface area contributed by atoms with E-state index in [1.54, 1.807) is 0 Å². The second kappa shape index (κ2) is 7.09. The summed E-state index contributed by atoms with van der Waals surface area (Å²) in [6.45, 7) is 5.71. The van der Waals surface area contributed by atoms with E-state index in [0.29, 0.717) is 6.04 Å². The van der Waals surface area contributed by atoms with E-state index in [0.717, 1.165) is 24.8 Å². The molecular formula is C16H29N3. The number of aryl methyl sites for hydroxylation is 1. The molecule has 3 nitrogen and oxygen atoms in total. The lowest BCUT2D eigenvalue weighted by Gasteiger charge is -2.24. The van der Waals surface area contributed by atoms with Crippen molar-refractivity contribution in [3.8, 4) is 0 Å². The third-order valence-corrected chi connectivity index (χ3v) is 4.58. The van der Waals surface area contributed by atoms with Gasteiger partial charge in [-0.05, 0) is 43.7 Å². The average Bonchev–Trinajstić information content (AvgIpc) is 3.03. The molecule has 1 aromatic heterocycles. The number of aromatic nitrogens is 2. The Labute approximate surface area is 117 Å². The highest BCUT2D eigenvalue weighted by Gasteiger charge is 2.30. The minimum atomic E-state index is 0.617. The first kappa shape index (κ1) is 14.6. The van der Waals surface area contributed by atoms with Crippen molar-refractivity contribution in [1.29, 1.82) is 0 Å². The summed E-state index contributed by atoms with van der Waals surface area (Å²) in [6, 6.07) is 2.78. The Kier molecular flexibility index (Phi) is 5.44. The SMILES string of the molecule is CCCNC(Cc1ccn(C)n1)C1CCC(CC)C1. The fourth-order valence-electron chi connectivity index (χ4n) is 3.38. The molecule has 1 aliphatic carbocycles. The standard InChI is InChI=1S/C16H29N3/c1-4-9-17-16(12-15-8-10-19(3)18-15)14-7-6-13(5-2)11-14/h8,10,13-14,16-17H,4-7,9,11-12H2,1-3H3. The Morgan fingerprint density at radius 1 is 1.42 bits per heavy atom. The monoisotopic (exact) mass is 263 g/mol. The fourth-order valence-corrected chi connectivity index (χ4v) is 3.38. The van der Waals surface area contributed by atoms with E-state index in [9.17, 15) is 0 Å². The lowest BCUT2D eigenvalue weighted by atomic mass is 9.92. The van der Waals surface area contributed by atoms with Gasteiger partial charge in [0, 0.05) is 25.7 Å². The van der Waals surface area contributed by atoms with E-state index < -0.39 is 0 Å². The van der Waals surface area contributed by atoms with Gasteiger partial charge in [0.1, 0.15) is 0 Å². The molecule has 3 unspecified atom stereocenters. The van der Waals surface area contributed by atoms with E-state index >= 15 is 0 Å². The zero-order chi connectivity index (χ0) is 13.7. The van der Waals surface area contributed by atoms with Crippen molar-refractivity contribution < 1.29 is 0 Å². The molecule has 1 heterocycles. The van der Waals surface area contributed by atoms with E-state index in [1.807, 2.05) is 11.7 Å². The van der Waals surface area contributed by atoms with Gasteiger partial charge in [-0.25, -0.2) is 0 Å². The number of rotatable bonds is 7. The van der Waals surface area contributed by atoms with Crippen molar-refractivity contribution in [3.05, 3.63) is 18.0 Å². The lowest BCUT2D eigenvalue weighted by Crippen LogP contribution is -2.37. The van der Waals surface area contributed by atoms with Crippen LogP contribution in [0.15, 0.2) is 12.3 Å². The van der Waals surface area contributed by atoms with Gasteiger partial charge in [0.2, 0.25) is 0 Å². The molecular weight excluding hydrogens is 234 g/mol. The Bertz CT molecular complexity index is 372. The number of hydrogen-bond acceptors (Lipinski definition) is 2. The van der Waals surface area contributed by atoms with E-state index in [4.69, 9.17) is 0 Å². The molecule has 0 aliphatic heterocycles. The summed E-state index contributed by atoms with van der Waals surface area (Å²) in [5, 5.41) is 8.31. The molecule has 2 rings (SSSR count). The lowest BCUT2D eigenvalue weighted by molar-refractivity contribution is 0.341. The number of hydrogen-bond donors (Lipinski definition) is 1. The van der Waals surface area contributed by atoms with Crippen LogP contribution in [0.25, 0.3) is 0 Å². The predicted molar refractivity (Wildman–Crippen MR) is 80.1 cm³/mol. The maximum absolute atomic E-state index is 4.55.